The maximum atomic E-state index is 9.67. The van der Waals surface area contributed by atoms with Crippen molar-refractivity contribution in [3.63, 3.8) is 0 Å². The van der Waals surface area contributed by atoms with Crippen LogP contribution in [0.25, 0.3) is 0 Å². The van der Waals surface area contributed by atoms with Crippen molar-refractivity contribution in [1.82, 2.24) is 24.5 Å². The van der Waals surface area contributed by atoms with Crippen molar-refractivity contribution in [3.05, 3.63) is 0 Å². The summed E-state index contributed by atoms with van der Waals surface area (Å²) >= 11 is 0. The summed E-state index contributed by atoms with van der Waals surface area (Å²) in [5.74, 6) is 0. The molecule has 0 amide bonds. The molecule has 2 aliphatic rings. The molecule has 2 aliphatic heterocycles. The van der Waals surface area contributed by atoms with Gasteiger partial charge in [-0.15, -0.1) is 0 Å². The number of aliphatic hydroxyl groups excluding tert-OH is 3. The maximum absolute atomic E-state index is 9.67. The van der Waals surface area contributed by atoms with E-state index in [2.05, 4.69) is 24.5 Å². The Hall–Kier alpha value is -0.320. The Morgan fingerprint density at radius 1 is 0.586 bits per heavy atom. The Morgan fingerprint density at radius 2 is 0.966 bits per heavy atom. The normalized spacial score (nSPS) is 24.1. The van der Waals surface area contributed by atoms with Crippen LogP contribution in [0.3, 0.4) is 0 Å². The minimum Gasteiger partial charge on any atom is -0.392 e. The lowest BCUT2D eigenvalue weighted by molar-refractivity contribution is 0.0597. The highest BCUT2D eigenvalue weighted by Gasteiger charge is 2.21. The van der Waals surface area contributed by atoms with Gasteiger partial charge in [-0.05, 0) is 20.8 Å². The monoisotopic (exact) mass is 415 g/mol. The predicted octanol–water partition coefficient (Wildman–Crippen LogP) is -1.33. The molecule has 0 aromatic heterocycles. The Morgan fingerprint density at radius 3 is 1.34 bits per heavy atom. The number of piperazine rings is 2. The molecule has 0 radical (unpaired) electrons. The van der Waals surface area contributed by atoms with E-state index >= 15 is 0 Å². The number of hydrogen-bond donors (Lipinski definition) is 3. The van der Waals surface area contributed by atoms with Gasteiger partial charge < -0.3 is 15.3 Å². The lowest BCUT2D eigenvalue weighted by Crippen LogP contribution is -2.52. The Kier molecular flexibility index (Phi) is 11.3. The highest BCUT2D eigenvalue weighted by Crippen LogP contribution is 2.06. The van der Waals surface area contributed by atoms with Crippen LogP contribution in [-0.4, -0.2) is 156 Å². The summed E-state index contributed by atoms with van der Waals surface area (Å²) in [5, 5.41) is 28.9. The molecule has 2 fully saturated rings. The molecule has 2 heterocycles. The van der Waals surface area contributed by atoms with Gasteiger partial charge in [-0.3, -0.25) is 24.5 Å². The molecule has 3 atom stereocenters. The Labute approximate surface area is 177 Å². The zero-order valence-corrected chi connectivity index (χ0v) is 18.9. The summed E-state index contributed by atoms with van der Waals surface area (Å²) in [6.45, 7) is 20.5. The van der Waals surface area contributed by atoms with Crippen LogP contribution in [0, 0.1) is 0 Å². The van der Waals surface area contributed by atoms with Crippen molar-refractivity contribution in [3.8, 4) is 0 Å². The zero-order valence-electron chi connectivity index (χ0n) is 18.9. The van der Waals surface area contributed by atoms with Gasteiger partial charge in [0.1, 0.15) is 0 Å². The SMILES string of the molecule is CC(O)CN1CCN(CCN2CCN(CCN(CC(C)O)CC(C)O)CC2)CC1. The molecule has 0 aromatic carbocycles. The summed E-state index contributed by atoms with van der Waals surface area (Å²) in [7, 11) is 0. The summed E-state index contributed by atoms with van der Waals surface area (Å²) < 4.78 is 0. The average molecular weight is 416 g/mol. The van der Waals surface area contributed by atoms with Crippen molar-refractivity contribution < 1.29 is 15.3 Å². The summed E-state index contributed by atoms with van der Waals surface area (Å²) in [6, 6.07) is 0. The van der Waals surface area contributed by atoms with Gasteiger partial charge in [0.2, 0.25) is 0 Å². The summed E-state index contributed by atoms with van der Waals surface area (Å²) in [5.41, 5.74) is 0. The van der Waals surface area contributed by atoms with Gasteiger partial charge in [0.05, 0.1) is 18.3 Å². The fraction of sp³-hybridized carbons (Fsp3) is 1.00. The van der Waals surface area contributed by atoms with Crippen LogP contribution < -0.4 is 0 Å². The average Bonchev–Trinajstić information content (AvgIpc) is 2.65. The second-order valence-corrected chi connectivity index (χ2v) is 9.13. The minimum atomic E-state index is -0.362. The lowest BCUT2D eigenvalue weighted by Gasteiger charge is -2.39. The molecule has 29 heavy (non-hydrogen) atoms. The van der Waals surface area contributed by atoms with Crippen LogP contribution in [0.4, 0.5) is 0 Å². The van der Waals surface area contributed by atoms with Crippen molar-refractivity contribution in [2.24, 2.45) is 0 Å². The number of β-amino-alcohol motifs (C(OH)–C–C–N with tert-alkyl or cyclic N) is 1. The fourth-order valence-corrected chi connectivity index (χ4v) is 4.38. The van der Waals surface area contributed by atoms with Gasteiger partial charge in [0.15, 0.2) is 0 Å². The molecule has 2 saturated heterocycles. The van der Waals surface area contributed by atoms with E-state index in [4.69, 9.17) is 0 Å². The standard InChI is InChI=1S/C21H45N5O3/c1-19(27)16-25-13-10-24(11-14-25)9-6-22-4-7-23(8-5-22)12-15-26(17-20(2)28)18-21(3)29/h19-21,27-29H,4-18H2,1-3H3. The lowest BCUT2D eigenvalue weighted by atomic mass is 10.2. The quantitative estimate of drug-likeness (QED) is 0.362. The topological polar surface area (TPSA) is 76.9 Å². The molecule has 8 nitrogen and oxygen atoms in total. The van der Waals surface area contributed by atoms with E-state index in [1.807, 2.05) is 6.92 Å². The third kappa shape index (κ3) is 10.5. The first-order chi connectivity index (χ1) is 13.8. The molecule has 0 spiro atoms. The molecular weight excluding hydrogens is 370 g/mol. The highest BCUT2D eigenvalue weighted by atomic mass is 16.3. The smallest absolute Gasteiger partial charge is 0.0639 e. The van der Waals surface area contributed by atoms with Gasteiger partial charge >= 0.3 is 0 Å². The molecule has 0 aliphatic carbocycles. The van der Waals surface area contributed by atoms with Gasteiger partial charge in [-0.25, -0.2) is 0 Å². The second-order valence-electron chi connectivity index (χ2n) is 9.13. The molecular formula is C21H45N5O3. The van der Waals surface area contributed by atoms with Crippen LogP contribution in [0.15, 0.2) is 0 Å². The van der Waals surface area contributed by atoms with Crippen molar-refractivity contribution in [2.45, 2.75) is 39.1 Å². The number of rotatable bonds is 12. The minimum absolute atomic E-state index is 0.232. The molecule has 172 valence electrons. The van der Waals surface area contributed by atoms with Gasteiger partial charge in [0, 0.05) is 98.2 Å². The molecule has 3 unspecified atom stereocenters. The zero-order chi connectivity index (χ0) is 21.2. The number of hydrogen-bond acceptors (Lipinski definition) is 8. The molecule has 0 bridgehead atoms. The van der Waals surface area contributed by atoms with E-state index in [0.29, 0.717) is 13.1 Å². The van der Waals surface area contributed by atoms with E-state index in [0.717, 1.165) is 85.1 Å². The molecule has 2 rings (SSSR count). The fourth-order valence-electron chi connectivity index (χ4n) is 4.38. The van der Waals surface area contributed by atoms with Crippen LogP contribution in [0.2, 0.25) is 0 Å². The van der Waals surface area contributed by atoms with Crippen molar-refractivity contribution in [2.75, 3.05) is 98.2 Å². The summed E-state index contributed by atoms with van der Waals surface area (Å²) in [6.07, 6.45) is -0.956. The Bertz CT molecular complexity index is 413. The number of aliphatic hydroxyl groups is 3. The van der Waals surface area contributed by atoms with Gasteiger partial charge in [-0.2, -0.15) is 0 Å². The molecule has 0 aromatic rings. The van der Waals surface area contributed by atoms with Crippen LogP contribution in [0.5, 0.6) is 0 Å². The van der Waals surface area contributed by atoms with Crippen molar-refractivity contribution in [1.29, 1.82) is 0 Å². The highest BCUT2D eigenvalue weighted by molar-refractivity contribution is 4.77. The van der Waals surface area contributed by atoms with Gasteiger partial charge in [0.25, 0.3) is 0 Å². The second kappa shape index (κ2) is 13.2. The first-order valence-corrected chi connectivity index (χ1v) is 11.5. The Balaban J connectivity index is 1.58. The predicted molar refractivity (Wildman–Crippen MR) is 117 cm³/mol. The van der Waals surface area contributed by atoms with E-state index in [9.17, 15) is 15.3 Å². The molecule has 0 saturated carbocycles. The largest absolute Gasteiger partial charge is 0.392 e. The third-order valence-electron chi connectivity index (χ3n) is 5.96. The summed E-state index contributed by atoms with van der Waals surface area (Å²) in [4.78, 5) is 12.1. The van der Waals surface area contributed by atoms with E-state index in [-0.39, 0.29) is 18.3 Å². The van der Waals surface area contributed by atoms with Crippen LogP contribution in [0.1, 0.15) is 20.8 Å². The van der Waals surface area contributed by atoms with Gasteiger partial charge in [-0.1, -0.05) is 0 Å². The molecule has 3 N–H and O–H groups in total. The van der Waals surface area contributed by atoms with E-state index in [1.165, 1.54) is 0 Å². The van der Waals surface area contributed by atoms with E-state index in [1.54, 1.807) is 13.8 Å². The first kappa shape index (κ1) is 24.9. The van der Waals surface area contributed by atoms with Crippen LogP contribution in [-0.2, 0) is 0 Å². The maximum Gasteiger partial charge on any atom is 0.0639 e. The van der Waals surface area contributed by atoms with Crippen molar-refractivity contribution >= 4 is 0 Å². The third-order valence-corrected chi connectivity index (χ3v) is 5.96. The van der Waals surface area contributed by atoms with E-state index < -0.39 is 0 Å². The first-order valence-electron chi connectivity index (χ1n) is 11.5. The van der Waals surface area contributed by atoms with Crippen LogP contribution >= 0.6 is 0 Å². The number of nitrogens with zero attached hydrogens (tertiary/aromatic N) is 5. The molecule has 8 heteroatoms.